The molecule has 2 N–H and O–H groups in total. The van der Waals surface area contributed by atoms with E-state index >= 15 is 0 Å². The van der Waals surface area contributed by atoms with E-state index in [2.05, 4.69) is 9.82 Å². The Hall–Kier alpha value is -1.90. The van der Waals surface area contributed by atoms with E-state index in [-0.39, 0.29) is 17.7 Å². The van der Waals surface area contributed by atoms with Crippen LogP contribution in [0.2, 0.25) is 5.02 Å². The van der Waals surface area contributed by atoms with Crippen molar-refractivity contribution in [3.8, 4) is 5.69 Å². The van der Waals surface area contributed by atoms with Crippen molar-refractivity contribution in [2.45, 2.75) is 44.0 Å². The molecule has 0 fully saturated rings. The quantitative estimate of drug-likeness (QED) is 0.763. The van der Waals surface area contributed by atoms with E-state index in [0.29, 0.717) is 16.4 Å². The molecule has 136 valence electrons. The number of sulfonamides is 1. The van der Waals surface area contributed by atoms with Crippen LogP contribution in [0.3, 0.4) is 0 Å². The van der Waals surface area contributed by atoms with Crippen molar-refractivity contribution in [3.05, 3.63) is 41.2 Å². The summed E-state index contributed by atoms with van der Waals surface area (Å²) >= 11 is 5.86. The largest absolute Gasteiger partial charge is 0.481 e. The van der Waals surface area contributed by atoms with Crippen LogP contribution in [-0.4, -0.2) is 34.8 Å². The second kappa shape index (κ2) is 7.15. The van der Waals surface area contributed by atoms with Crippen LogP contribution in [0.5, 0.6) is 0 Å². The second-order valence-electron chi connectivity index (χ2n) is 6.37. The van der Waals surface area contributed by atoms with Gasteiger partial charge < -0.3 is 5.11 Å². The number of aliphatic carboxylic acids is 1. The molecule has 0 atom stereocenters. The minimum absolute atomic E-state index is 0.0471. The number of hydrogen-bond acceptors (Lipinski definition) is 4. The number of benzene rings is 1. The normalized spacial score (nSPS) is 12.3. The zero-order valence-corrected chi connectivity index (χ0v) is 15.7. The average Bonchev–Trinajstić information content (AvgIpc) is 2.88. The average molecular weight is 386 g/mol. The Bertz CT molecular complexity index is 873. The standard InChI is InChI=1S/C16H20ClN3O4S/c1-11-14(10-18-20(11)13-6-4-12(17)5-7-13)25(23,24)19-16(2,3)9-8-15(21)22/h4-7,10,19H,8-9H2,1-3H3,(H,21,22). The molecule has 9 heteroatoms. The van der Waals surface area contributed by atoms with Crippen LogP contribution in [0.25, 0.3) is 5.69 Å². The van der Waals surface area contributed by atoms with E-state index in [1.807, 2.05) is 0 Å². The van der Waals surface area contributed by atoms with Gasteiger partial charge in [-0.15, -0.1) is 0 Å². The van der Waals surface area contributed by atoms with E-state index in [9.17, 15) is 13.2 Å². The first-order valence-corrected chi connectivity index (χ1v) is 9.44. The van der Waals surface area contributed by atoms with Gasteiger partial charge in [-0.05, 0) is 51.5 Å². The topological polar surface area (TPSA) is 101 Å². The molecule has 0 saturated carbocycles. The minimum Gasteiger partial charge on any atom is -0.481 e. The van der Waals surface area contributed by atoms with Crippen molar-refractivity contribution >= 4 is 27.6 Å². The lowest BCUT2D eigenvalue weighted by Crippen LogP contribution is -2.43. The summed E-state index contributed by atoms with van der Waals surface area (Å²) in [5.41, 5.74) is 0.240. The highest BCUT2D eigenvalue weighted by molar-refractivity contribution is 7.89. The van der Waals surface area contributed by atoms with Crippen molar-refractivity contribution in [1.82, 2.24) is 14.5 Å². The number of hydrogen-bond donors (Lipinski definition) is 2. The highest BCUT2D eigenvalue weighted by Crippen LogP contribution is 2.22. The first kappa shape index (κ1) is 19.4. The predicted molar refractivity (Wildman–Crippen MR) is 94.6 cm³/mol. The lowest BCUT2D eigenvalue weighted by atomic mass is 10.0. The number of carbonyl (C=O) groups is 1. The van der Waals surface area contributed by atoms with Gasteiger partial charge in [-0.2, -0.15) is 5.10 Å². The van der Waals surface area contributed by atoms with Crippen LogP contribution < -0.4 is 4.72 Å². The van der Waals surface area contributed by atoms with Gasteiger partial charge in [-0.3, -0.25) is 4.79 Å². The lowest BCUT2D eigenvalue weighted by Gasteiger charge is -2.25. The molecule has 1 aromatic heterocycles. The molecule has 0 unspecified atom stereocenters. The summed E-state index contributed by atoms with van der Waals surface area (Å²) in [4.78, 5) is 10.8. The molecule has 2 aromatic rings. The molecular formula is C16H20ClN3O4S. The van der Waals surface area contributed by atoms with Gasteiger partial charge >= 0.3 is 5.97 Å². The summed E-state index contributed by atoms with van der Waals surface area (Å²) in [5, 5.41) is 13.5. The van der Waals surface area contributed by atoms with Gasteiger partial charge in [0.15, 0.2) is 0 Å². The molecule has 0 bridgehead atoms. The van der Waals surface area contributed by atoms with E-state index in [1.54, 1.807) is 45.0 Å². The maximum atomic E-state index is 12.7. The van der Waals surface area contributed by atoms with Crippen molar-refractivity contribution in [1.29, 1.82) is 0 Å². The molecule has 1 aromatic carbocycles. The van der Waals surface area contributed by atoms with E-state index < -0.39 is 21.5 Å². The lowest BCUT2D eigenvalue weighted by molar-refractivity contribution is -0.137. The van der Waals surface area contributed by atoms with Crippen LogP contribution in [0.15, 0.2) is 35.4 Å². The van der Waals surface area contributed by atoms with Crippen LogP contribution >= 0.6 is 11.6 Å². The fourth-order valence-corrected chi connectivity index (χ4v) is 4.12. The molecule has 0 radical (unpaired) electrons. The van der Waals surface area contributed by atoms with E-state index in [0.717, 1.165) is 0 Å². The number of rotatable bonds is 7. The highest BCUT2D eigenvalue weighted by atomic mass is 35.5. The van der Waals surface area contributed by atoms with Gasteiger partial charge in [-0.25, -0.2) is 17.8 Å². The van der Waals surface area contributed by atoms with Crippen molar-refractivity contribution in [2.24, 2.45) is 0 Å². The molecule has 2 rings (SSSR count). The predicted octanol–water partition coefficient (Wildman–Crippen LogP) is 2.76. The summed E-state index contributed by atoms with van der Waals surface area (Å²) in [6, 6.07) is 6.87. The van der Waals surface area contributed by atoms with Gasteiger partial charge in [0.25, 0.3) is 0 Å². The molecule has 0 aliphatic rings. The maximum absolute atomic E-state index is 12.7. The SMILES string of the molecule is Cc1c(S(=O)(=O)NC(C)(C)CCC(=O)O)cnn1-c1ccc(Cl)cc1. The number of carboxylic acids is 1. The Labute approximate surface area is 151 Å². The number of aromatic nitrogens is 2. The van der Waals surface area contributed by atoms with Gasteiger partial charge in [0, 0.05) is 17.0 Å². The van der Waals surface area contributed by atoms with E-state index in [1.165, 1.54) is 10.9 Å². The molecule has 0 saturated heterocycles. The van der Waals surface area contributed by atoms with Crippen LogP contribution in [0.1, 0.15) is 32.4 Å². The highest BCUT2D eigenvalue weighted by Gasteiger charge is 2.29. The van der Waals surface area contributed by atoms with Crippen molar-refractivity contribution in [3.63, 3.8) is 0 Å². The summed E-state index contributed by atoms with van der Waals surface area (Å²) in [7, 11) is -3.84. The molecule has 0 aliphatic carbocycles. The zero-order valence-electron chi connectivity index (χ0n) is 14.2. The molecule has 7 nitrogen and oxygen atoms in total. The third kappa shape index (κ3) is 4.81. The zero-order chi connectivity index (χ0) is 18.8. The smallest absolute Gasteiger partial charge is 0.303 e. The Kier molecular flexibility index (Phi) is 5.55. The van der Waals surface area contributed by atoms with Gasteiger partial charge in [0.2, 0.25) is 10.0 Å². The monoisotopic (exact) mass is 385 g/mol. The fraction of sp³-hybridized carbons (Fsp3) is 0.375. The Morgan fingerprint density at radius 3 is 2.48 bits per heavy atom. The number of halogens is 1. The van der Waals surface area contributed by atoms with Crippen LogP contribution in [-0.2, 0) is 14.8 Å². The molecule has 0 aliphatic heterocycles. The van der Waals surface area contributed by atoms with Gasteiger partial charge in [-0.1, -0.05) is 11.6 Å². The maximum Gasteiger partial charge on any atom is 0.303 e. The summed E-state index contributed by atoms with van der Waals surface area (Å²) in [6.07, 6.45) is 1.32. The molecule has 0 amide bonds. The molecular weight excluding hydrogens is 366 g/mol. The number of nitrogens with zero attached hydrogens (tertiary/aromatic N) is 2. The van der Waals surface area contributed by atoms with Gasteiger partial charge in [0.1, 0.15) is 4.90 Å². The fourth-order valence-electron chi connectivity index (χ4n) is 2.39. The Morgan fingerprint density at radius 1 is 1.32 bits per heavy atom. The second-order valence-corrected chi connectivity index (χ2v) is 8.45. The summed E-state index contributed by atoms with van der Waals surface area (Å²) in [6.45, 7) is 4.94. The first-order chi connectivity index (χ1) is 11.5. The van der Waals surface area contributed by atoms with E-state index in [4.69, 9.17) is 16.7 Å². The molecule has 1 heterocycles. The molecule has 0 spiro atoms. The van der Waals surface area contributed by atoms with Crippen molar-refractivity contribution < 1.29 is 18.3 Å². The number of nitrogens with one attached hydrogen (secondary N) is 1. The van der Waals surface area contributed by atoms with Crippen molar-refractivity contribution in [2.75, 3.05) is 0 Å². The summed E-state index contributed by atoms with van der Waals surface area (Å²) < 4.78 is 29.4. The minimum atomic E-state index is -3.84. The third-order valence-electron chi connectivity index (χ3n) is 3.70. The Balaban J connectivity index is 2.28. The van der Waals surface area contributed by atoms with Crippen LogP contribution in [0, 0.1) is 6.92 Å². The number of carboxylic acid groups (broad SMARTS) is 1. The third-order valence-corrected chi connectivity index (χ3v) is 5.75. The molecule has 25 heavy (non-hydrogen) atoms. The Morgan fingerprint density at radius 2 is 1.92 bits per heavy atom. The first-order valence-electron chi connectivity index (χ1n) is 7.58. The summed E-state index contributed by atoms with van der Waals surface area (Å²) in [5.74, 6) is -0.973. The van der Waals surface area contributed by atoms with Crippen LogP contribution in [0.4, 0.5) is 0 Å². The van der Waals surface area contributed by atoms with Gasteiger partial charge in [0.05, 0.1) is 17.6 Å².